The smallest absolute Gasteiger partial charge is 0.264 e. The Morgan fingerprint density at radius 1 is 1.12 bits per heavy atom. The monoisotopic (exact) mass is 363 g/mol. The normalized spacial score (nSPS) is 17.1. The van der Waals surface area contributed by atoms with Crippen LogP contribution in [-0.4, -0.2) is 34.3 Å². The number of nitrogens with zero attached hydrogens (tertiary/aromatic N) is 1. The van der Waals surface area contributed by atoms with E-state index >= 15 is 0 Å². The Hall–Kier alpha value is -2.25. The largest absolute Gasteiger partial charge is 0.497 e. The summed E-state index contributed by atoms with van der Waals surface area (Å²) in [5, 5.41) is 10.3. The Balaban J connectivity index is 2.07. The SMILES string of the molecule is COc1ccc2c(c1)C(O)CCN2S(=O)(=O)c1ccc(OC)c(C)c1. The summed E-state index contributed by atoms with van der Waals surface area (Å²) in [5.74, 6) is 1.22. The van der Waals surface area contributed by atoms with Gasteiger partial charge < -0.3 is 14.6 Å². The molecule has 25 heavy (non-hydrogen) atoms. The fourth-order valence-corrected chi connectivity index (χ4v) is 4.65. The van der Waals surface area contributed by atoms with E-state index in [0.29, 0.717) is 29.2 Å². The number of rotatable bonds is 4. The Labute approximate surface area is 147 Å². The molecule has 0 radical (unpaired) electrons. The highest BCUT2D eigenvalue weighted by Gasteiger charge is 2.33. The van der Waals surface area contributed by atoms with E-state index in [1.54, 1.807) is 44.4 Å². The van der Waals surface area contributed by atoms with Gasteiger partial charge in [-0.25, -0.2) is 8.42 Å². The molecule has 0 saturated heterocycles. The molecule has 1 aliphatic rings. The maximum atomic E-state index is 13.1. The van der Waals surface area contributed by atoms with Crippen LogP contribution in [0.3, 0.4) is 0 Å². The first-order valence-corrected chi connectivity index (χ1v) is 9.36. The van der Waals surface area contributed by atoms with Crippen molar-refractivity contribution in [3.8, 4) is 11.5 Å². The number of aliphatic hydroxyl groups is 1. The number of fused-ring (bicyclic) bond motifs is 1. The van der Waals surface area contributed by atoms with E-state index in [-0.39, 0.29) is 11.4 Å². The summed E-state index contributed by atoms with van der Waals surface area (Å²) >= 11 is 0. The third-order valence-electron chi connectivity index (χ3n) is 4.42. The van der Waals surface area contributed by atoms with Crippen LogP contribution in [0.2, 0.25) is 0 Å². The molecule has 0 spiro atoms. The Morgan fingerprint density at radius 2 is 1.88 bits per heavy atom. The molecule has 0 bridgehead atoms. The lowest BCUT2D eigenvalue weighted by Gasteiger charge is -2.33. The fourth-order valence-electron chi connectivity index (χ4n) is 3.06. The van der Waals surface area contributed by atoms with Crippen LogP contribution in [0.1, 0.15) is 23.7 Å². The third kappa shape index (κ3) is 3.05. The van der Waals surface area contributed by atoms with Crippen molar-refractivity contribution in [2.24, 2.45) is 0 Å². The quantitative estimate of drug-likeness (QED) is 0.904. The molecule has 1 aliphatic heterocycles. The molecule has 0 saturated carbocycles. The molecule has 3 rings (SSSR count). The van der Waals surface area contributed by atoms with Gasteiger partial charge in [-0.2, -0.15) is 0 Å². The van der Waals surface area contributed by atoms with Crippen molar-refractivity contribution in [3.63, 3.8) is 0 Å². The van der Waals surface area contributed by atoms with E-state index in [1.165, 1.54) is 17.5 Å². The number of aliphatic hydroxyl groups excluding tert-OH is 1. The number of hydrogen-bond acceptors (Lipinski definition) is 5. The van der Waals surface area contributed by atoms with E-state index in [1.807, 2.05) is 0 Å². The first-order chi connectivity index (χ1) is 11.9. The second-order valence-corrected chi connectivity index (χ2v) is 7.80. The van der Waals surface area contributed by atoms with Crippen LogP contribution < -0.4 is 13.8 Å². The van der Waals surface area contributed by atoms with Gasteiger partial charge in [0.1, 0.15) is 11.5 Å². The number of benzene rings is 2. The number of sulfonamides is 1. The number of anilines is 1. The molecule has 0 amide bonds. The molecule has 2 aromatic carbocycles. The lowest BCUT2D eigenvalue weighted by Crippen LogP contribution is -2.36. The van der Waals surface area contributed by atoms with Crippen LogP contribution in [0.5, 0.6) is 11.5 Å². The van der Waals surface area contributed by atoms with Crippen molar-refractivity contribution in [3.05, 3.63) is 47.5 Å². The number of methoxy groups -OCH3 is 2. The predicted octanol–water partition coefficient (Wildman–Crippen LogP) is 2.64. The molecule has 1 N–H and O–H groups in total. The van der Waals surface area contributed by atoms with Crippen molar-refractivity contribution in [2.75, 3.05) is 25.1 Å². The predicted molar refractivity (Wildman–Crippen MR) is 94.8 cm³/mol. The molecular formula is C18H21NO5S. The second kappa shape index (κ2) is 6.57. The zero-order chi connectivity index (χ0) is 18.2. The highest BCUT2D eigenvalue weighted by atomic mass is 32.2. The number of ether oxygens (including phenoxy) is 2. The van der Waals surface area contributed by atoms with Crippen LogP contribution in [0.15, 0.2) is 41.3 Å². The first kappa shape index (κ1) is 17.6. The second-order valence-electron chi connectivity index (χ2n) is 5.94. The average Bonchev–Trinajstić information content (AvgIpc) is 2.61. The lowest BCUT2D eigenvalue weighted by atomic mass is 10.0. The van der Waals surface area contributed by atoms with Crippen molar-refractivity contribution >= 4 is 15.7 Å². The van der Waals surface area contributed by atoms with Crippen molar-refractivity contribution in [1.29, 1.82) is 0 Å². The molecular weight excluding hydrogens is 342 g/mol. The van der Waals surface area contributed by atoms with Crippen molar-refractivity contribution in [2.45, 2.75) is 24.3 Å². The summed E-state index contributed by atoms with van der Waals surface area (Å²) in [4.78, 5) is 0.198. The minimum atomic E-state index is -3.74. The molecule has 1 atom stereocenters. The molecule has 1 unspecified atom stereocenters. The number of aryl methyl sites for hydroxylation is 1. The first-order valence-electron chi connectivity index (χ1n) is 7.92. The van der Waals surface area contributed by atoms with Gasteiger partial charge in [-0.15, -0.1) is 0 Å². The highest BCUT2D eigenvalue weighted by Crippen LogP contribution is 2.39. The Kier molecular flexibility index (Phi) is 4.62. The van der Waals surface area contributed by atoms with Crippen LogP contribution in [0.25, 0.3) is 0 Å². The van der Waals surface area contributed by atoms with Gasteiger partial charge in [0.15, 0.2) is 0 Å². The van der Waals surface area contributed by atoms with Gasteiger partial charge in [-0.1, -0.05) is 0 Å². The molecule has 2 aromatic rings. The van der Waals surface area contributed by atoms with Gasteiger partial charge in [0, 0.05) is 12.1 Å². The zero-order valence-electron chi connectivity index (χ0n) is 14.4. The van der Waals surface area contributed by atoms with Gasteiger partial charge in [0.25, 0.3) is 10.0 Å². The summed E-state index contributed by atoms with van der Waals surface area (Å²) in [6.45, 7) is 2.02. The fraction of sp³-hybridized carbons (Fsp3) is 0.333. The summed E-state index contributed by atoms with van der Waals surface area (Å²) < 4.78 is 38.0. The maximum absolute atomic E-state index is 13.1. The van der Waals surface area contributed by atoms with Gasteiger partial charge in [-0.05, 0) is 55.3 Å². The highest BCUT2D eigenvalue weighted by molar-refractivity contribution is 7.92. The molecule has 0 aliphatic carbocycles. The van der Waals surface area contributed by atoms with E-state index in [0.717, 1.165) is 5.56 Å². The summed E-state index contributed by atoms with van der Waals surface area (Å²) in [7, 11) is -0.659. The van der Waals surface area contributed by atoms with E-state index in [2.05, 4.69) is 0 Å². The topological polar surface area (TPSA) is 76.1 Å². The van der Waals surface area contributed by atoms with Gasteiger partial charge in [-0.3, -0.25) is 4.31 Å². The lowest BCUT2D eigenvalue weighted by molar-refractivity contribution is 0.166. The van der Waals surface area contributed by atoms with Crippen molar-refractivity contribution < 1.29 is 23.0 Å². The summed E-state index contributed by atoms with van der Waals surface area (Å²) in [5.41, 5.74) is 1.78. The number of hydrogen-bond donors (Lipinski definition) is 1. The molecule has 0 fully saturated rings. The Morgan fingerprint density at radius 3 is 2.52 bits per heavy atom. The minimum Gasteiger partial charge on any atom is -0.497 e. The molecule has 0 aromatic heterocycles. The molecule has 1 heterocycles. The minimum absolute atomic E-state index is 0.198. The van der Waals surface area contributed by atoms with Crippen molar-refractivity contribution in [1.82, 2.24) is 0 Å². The Bertz CT molecular complexity index is 894. The van der Waals surface area contributed by atoms with E-state index < -0.39 is 16.1 Å². The van der Waals surface area contributed by atoms with Crippen LogP contribution in [0, 0.1) is 6.92 Å². The summed E-state index contributed by atoms with van der Waals surface area (Å²) in [6.07, 6.45) is -0.386. The molecule has 134 valence electrons. The van der Waals surface area contributed by atoms with E-state index in [9.17, 15) is 13.5 Å². The molecule has 7 heteroatoms. The maximum Gasteiger partial charge on any atom is 0.264 e. The zero-order valence-corrected chi connectivity index (χ0v) is 15.2. The van der Waals surface area contributed by atoms with E-state index in [4.69, 9.17) is 9.47 Å². The summed E-state index contributed by atoms with van der Waals surface area (Å²) in [6, 6.07) is 9.83. The van der Waals surface area contributed by atoms with Crippen LogP contribution in [-0.2, 0) is 10.0 Å². The third-order valence-corrected chi connectivity index (χ3v) is 6.23. The van der Waals surface area contributed by atoms with Gasteiger partial charge in [0.2, 0.25) is 0 Å². The van der Waals surface area contributed by atoms with Gasteiger partial charge >= 0.3 is 0 Å². The van der Waals surface area contributed by atoms with Gasteiger partial charge in [0.05, 0.1) is 30.9 Å². The average molecular weight is 363 g/mol. The molecule has 6 nitrogen and oxygen atoms in total. The van der Waals surface area contributed by atoms with Crippen LogP contribution in [0.4, 0.5) is 5.69 Å². The van der Waals surface area contributed by atoms with Crippen LogP contribution >= 0.6 is 0 Å². The standard InChI is InChI=1S/C18H21NO5S/c1-12-10-14(5-7-18(12)24-3)25(21,22)19-9-8-17(20)15-11-13(23-2)4-6-16(15)19/h4-7,10-11,17,20H,8-9H2,1-3H3.